The molecule has 0 aromatic heterocycles. The van der Waals surface area contributed by atoms with Crippen LogP contribution < -0.4 is 11.1 Å². The molecule has 1 aromatic rings. The van der Waals surface area contributed by atoms with E-state index >= 15 is 0 Å². The van der Waals surface area contributed by atoms with Gasteiger partial charge >= 0.3 is 5.97 Å². The number of anilines is 1. The fourth-order valence-electron chi connectivity index (χ4n) is 2.79. The van der Waals surface area contributed by atoms with Crippen LogP contribution in [-0.4, -0.2) is 25.0 Å². The minimum Gasteiger partial charge on any atom is -0.465 e. The molecule has 1 aliphatic carbocycles. The van der Waals surface area contributed by atoms with Crippen LogP contribution >= 0.6 is 0 Å². The second-order valence-corrected chi connectivity index (χ2v) is 5.89. The first kappa shape index (κ1) is 15.5. The molecule has 2 rings (SSSR count). The molecule has 0 saturated heterocycles. The predicted octanol–water partition coefficient (Wildman–Crippen LogP) is 2.24. The molecular formula is C16H22N2O3. The summed E-state index contributed by atoms with van der Waals surface area (Å²) in [6.07, 6.45) is 2.66. The Labute approximate surface area is 124 Å². The summed E-state index contributed by atoms with van der Waals surface area (Å²) in [5, 5.41) is 2.94. The minimum atomic E-state index is -0.520. The van der Waals surface area contributed by atoms with E-state index < -0.39 is 5.41 Å². The van der Waals surface area contributed by atoms with Crippen LogP contribution in [0, 0.1) is 12.3 Å². The molecule has 0 radical (unpaired) electrons. The summed E-state index contributed by atoms with van der Waals surface area (Å²) in [4.78, 5) is 24.0. The number of nitrogens with two attached hydrogens (primary N) is 1. The van der Waals surface area contributed by atoms with Crippen LogP contribution in [0.5, 0.6) is 0 Å². The third-order valence-electron chi connectivity index (χ3n) is 4.44. The Morgan fingerprint density at radius 3 is 2.67 bits per heavy atom. The monoisotopic (exact) mass is 290 g/mol. The van der Waals surface area contributed by atoms with Gasteiger partial charge in [-0.3, -0.25) is 4.79 Å². The maximum atomic E-state index is 12.5. The molecule has 21 heavy (non-hydrogen) atoms. The lowest BCUT2D eigenvalue weighted by atomic mass is 9.84. The molecule has 2 atom stereocenters. The largest absolute Gasteiger partial charge is 0.465 e. The van der Waals surface area contributed by atoms with Crippen molar-refractivity contribution in [1.29, 1.82) is 0 Å². The van der Waals surface area contributed by atoms with Gasteiger partial charge in [-0.15, -0.1) is 0 Å². The molecular weight excluding hydrogens is 268 g/mol. The van der Waals surface area contributed by atoms with E-state index in [2.05, 4.69) is 10.1 Å². The number of amides is 1. The van der Waals surface area contributed by atoms with Crippen molar-refractivity contribution >= 4 is 17.6 Å². The molecule has 0 spiro atoms. The van der Waals surface area contributed by atoms with Gasteiger partial charge < -0.3 is 15.8 Å². The smallest absolute Gasteiger partial charge is 0.337 e. The molecule has 0 bridgehead atoms. The van der Waals surface area contributed by atoms with E-state index in [0.717, 1.165) is 24.8 Å². The Hall–Kier alpha value is -1.88. The maximum absolute atomic E-state index is 12.5. The lowest BCUT2D eigenvalue weighted by Crippen LogP contribution is -2.44. The molecule has 0 heterocycles. The molecule has 5 heteroatoms. The average Bonchev–Trinajstić information content (AvgIpc) is 2.81. The van der Waals surface area contributed by atoms with Crippen molar-refractivity contribution in [1.82, 2.24) is 0 Å². The number of benzene rings is 1. The number of ether oxygens (including phenoxy) is 1. The fraction of sp³-hybridized carbons (Fsp3) is 0.500. The van der Waals surface area contributed by atoms with Crippen molar-refractivity contribution < 1.29 is 14.3 Å². The van der Waals surface area contributed by atoms with Gasteiger partial charge in [0, 0.05) is 11.7 Å². The maximum Gasteiger partial charge on any atom is 0.337 e. The van der Waals surface area contributed by atoms with E-state index in [0.29, 0.717) is 11.3 Å². The Kier molecular flexibility index (Phi) is 4.32. The highest BCUT2D eigenvalue weighted by Gasteiger charge is 2.43. The summed E-state index contributed by atoms with van der Waals surface area (Å²) in [5.74, 6) is -0.442. The van der Waals surface area contributed by atoms with Crippen LogP contribution in [0.15, 0.2) is 18.2 Å². The highest BCUT2D eigenvalue weighted by atomic mass is 16.5. The summed E-state index contributed by atoms with van der Waals surface area (Å²) in [5.41, 5.74) is 7.54. The number of hydrogen-bond donors (Lipinski definition) is 2. The number of esters is 1. The first-order chi connectivity index (χ1) is 9.88. The SMILES string of the molecule is COC(=O)c1ccc(NC(=O)C2(C)CCCC2N)c(C)c1. The Balaban J connectivity index is 2.17. The van der Waals surface area contributed by atoms with Crippen LogP contribution in [0.2, 0.25) is 0 Å². The number of carbonyl (C=O) groups excluding carboxylic acids is 2. The number of nitrogens with one attached hydrogen (secondary N) is 1. The van der Waals surface area contributed by atoms with Gasteiger partial charge in [0.2, 0.25) is 5.91 Å². The third-order valence-corrected chi connectivity index (χ3v) is 4.44. The topological polar surface area (TPSA) is 81.4 Å². The van der Waals surface area contributed by atoms with Gasteiger partial charge in [0.1, 0.15) is 0 Å². The average molecular weight is 290 g/mol. The van der Waals surface area contributed by atoms with Gasteiger partial charge in [0.05, 0.1) is 18.1 Å². The molecule has 0 aliphatic heterocycles. The van der Waals surface area contributed by atoms with Gasteiger partial charge in [-0.1, -0.05) is 6.42 Å². The molecule has 1 amide bonds. The lowest BCUT2D eigenvalue weighted by Gasteiger charge is -2.27. The molecule has 3 N–H and O–H groups in total. The Morgan fingerprint density at radius 2 is 2.14 bits per heavy atom. The zero-order valence-corrected chi connectivity index (χ0v) is 12.7. The van der Waals surface area contributed by atoms with Crippen LogP contribution in [0.4, 0.5) is 5.69 Å². The molecule has 1 fully saturated rings. The van der Waals surface area contributed by atoms with E-state index in [1.165, 1.54) is 7.11 Å². The molecule has 1 aromatic carbocycles. The standard InChI is InChI=1S/C16H22N2O3/c1-10-9-11(14(19)21-3)6-7-12(10)18-15(20)16(2)8-4-5-13(16)17/h6-7,9,13H,4-5,8,17H2,1-3H3,(H,18,20). The molecule has 1 aliphatic rings. The van der Waals surface area contributed by atoms with Gasteiger partial charge in [-0.05, 0) is 50.5 Å². The summed E-state index contributed by atoms with van der Waals surface area (Å²) < 4.78 is 4.68. The molecule has 114 valence electrons. The first-order valence-corrected chi connectivity index (χ1v) is 7.14. The van der Waals surface area contributed by atoms with Crippen molar-refractivity contribution in [3.05, 3.63) is 29.3 Å². The zero-order valence-electron chi connectivity index (χ0n) is 12.7. The Bertz CT molecular complexity index is 571. The lowest BCUT2D eigenvalue weighted by molar-refractivity contribution is -0.125. The van der Waals surface area contributed by atoms with Crippen molar-refractivity contribution in [2.75, 3.05) is 12.4 Å². The second-order valence-electron chi connectivity index (χ2n) is 5.89. The summed E-state index contributed by atoms with van der Waals surface area (Å²) in [6.45, 7) is 3.76. The number of aryl methyl sites for hydroxylation is 1. The number of hydrogen-bond acceptors (Lipinski definition) is 4. The molecule has 1 saturated carbocycles. The van der Waals surface area contributed by atoms with Crippen LogP contribution in [0.25, 0.3) is 0 Å². The predicted molar refractivity (Wildman–Crippen MR) is 81.1 cm³/mol. The highest BCUT2D eigenvalue weighted by Crippen LogP contribution is 2.37. The second kappa shape index (κ2) is 5.85. The Morgan fingerprint density at radius 1 is 1.43 bits per heavy atom. The van der Waals surface area contributed by atoms with E-state index in [4.69, 9.17) is 5.73 Å². The van der Waals surface area contributed by atoms with Gasteiger partial charge in [0.15, 0.2) is 0 Å². The van der Waals surface area contributed by atoms with Crippen LogP contribution in [0.1, 0.15) is 42.1 Å². The number of methoxy groups -OCH3 is 1. The van der Waals surface area contributed by atoms with E-state index in [1.54, 1.807) is 18.2 Å². The molecule has 2 unspecified atom stereocenters. The van der Waals surface area contributed by atoms with E-state index in [1.807, 2.05) is 13.8 Å². The van der Waals surface area contributed by atoms with Crippen molar-refractivity contribution in [2.24, 2.45) is 11.1 Å². The summed E-state index contributed by atoms with van der Waals surface area (Å²) in [6, 6.07) is 4.97. The summed E-state index contributed by atoms with van der Waals surface area (Å²) in [7, 11) is 1.34. The normalized spacial score (nSPS) is 24.7. The van der Waals surface area contributed by atoms with E-state index in [9.17, 15) is 9.59 Å². The van der Waals surface area contributed by atoms with Crippen LogP contribution in [-0.2, 0) is 9.53 Å². The van der Waals surface area contributed by atoms with Crippen molar-refractivity contribution in [3.63, 3.8) is 0 Å². The van der Waals surface area contributed by atoms with Gasteiger partial charge in [0.25, 0.3) is 0 Å². The van der Waals surface area contributed by atoms with Gasteiger partial charge in [-0.25, -0.2) is 4.79 Å². The first-order valence-electron chi connectivity index (χ1n) is 7.14. The molecule has 5 nitrogen and oxygen atoms in total. The summed E-state index contributed by atoms with van der Waals surface area (Å²) >= 11 is 0. The van der Waals surface area contributed by atoms with Crippen LogP contribution in [0.3, 0.4) is 0 Å². The quantitative estimate of drug-likeness (QED) is 0.836. The highest BCUT2D eigenvalue weighted by molar-refractivity contribution is 5.97. The van der Waals surface area contributed by atoms with Gasteiger partial charge in [-0.2, -0.15) is 0 Å². The van der Waals surface area contributed by atoms with Crippen molar-refractivity contribution in [2.45, 2.75) is 39.2 Å². The minimum absolute atomic E-state index is 0.0542. The fourth-order valence-corrected chi connectivity index (χ4v) is 2.79. The third kappa shape index (κ3) is 2.93. The zero-order chi connectivity index (χ0) is 15.6. The number of carbonyl (C=O) groups is 2. The van der Waals surface area contributed by atoms with E-state index in [-0.39, 0.29) is 17.9 Å². The van der Waals surface area contributed by atoms with Crippen molar-refractivity contribution in [3.8, 4) is 0 Å². The number of rotatable bonds is 3.